The van der Waals surface area contributed by atoms with E-state index in [1.54, 1.807) is 0 Å². The third-order valence-corrected chi connectivity index (χ3v) is 4.76. The van der Waals surface area contributed by atoms with Gasteiger partial charge in [-0.15, -0.1) is 11.3 Å². The number of benzene rings is 1. The Labute approximate surface area is 118 Å². The van der Waals surface area contributed by atoms with E-state index in [9.17, 15) is 0 Å². The summed E-state index contributed by atoms with van der Waals surface area (Å²) in [5, 5.41) is 1.10. The van der Waals surface area contributed by atoms with Gasteiger partial charge in [-0.3, -0.25) is 4.90 Å². The van der Waals surface area contributed by atoms with Crippen molar-refractivity contribution in [2.24, 2.45) is 0 Å². The summed E-state index contributed by atoms with van der Waals surface area (Å²) in [6.07, 6.45) is 1.06. The van der Waals surface area contributed by atoms with Crippen molar-refractivity contribution in [2.75, 3.05) is 12.3 Å². The van der Waals surface area contributed by atoms with Crippen molar-refractivity contribution < 1.29 is 0 Å². The molecule has 0 aliphatic carbocycles. The van der Waals surface area contributed by atoms with Gasteiger partial charge in [-0.05, 0) is 26.0 Å². The van der Waals surface area contributed by atoms with E-state index in [2.05, 4.69) is 24.8 Å². The molecule has 1 aliphatic rings. The van der Waals surface area contributed by atoms with Gasteiger partial charge in [0.05, 0.1) is 5.69 Å². The lowest BCUT2D eigenvalue weighted by Gasteiger charge is -2.29. The van der Waals surface area contributed by atoms with Crippen LogP contribution in [0.25, 0.3) is 10.6 Å². The minimum absolute atomic E-state index is 0.603. The van der Waals surface area contributed by atoms with E-state index in [1.807, 2.05) is 29.5 Å². The summed E-state index contributed by atoms with van der Waals surface area (Å²) >= 11 is 1.81. The lowest BCUT2D eigenvalue weighted by atomic mass is 10.1. The molecule has 4 heteroatoms. The molecule has 0 radical (unpaired) electrons. The first kappa shape index (κ1) is 12.6. The minimum Gasteiger partial charge on any atom is -0.399 e. The van der Waals surface area contributed by atoms with E-state index in [0.717, 1.165) is 35.8 Å². The Bertz CT molecular complexity index is 589. The van der Waals surface area contributed by atoms with Crippen molar-refractivity contribution in [3.8, 4) is 10.6 Å². The Morgan fingerprint density at radius 1 is 1.37 bits per heavy atom. The van der Waals surface area contributed by atoms with Gasteiger partial charge in [-0.2, -0.15) is 0 Å². The normalized spacial score (nSPS) is 15.7. The van der Waals surface area contributed by atoms with E-state index in [0.29, 0.717) is 6.04 Å². The van der Waals surface area contributed by atoms with Crippen molar-refractivity contribution in [2.45, 2.75) is 32.9 Å². The van der Waals surface area contributed by atoms with E-state index in [1.165, 1.54) is 10.6 Å². The van der Waals surface area contributed by atoms with Crippen LogP contribution >= 0.6 is 11.3 Å². The lowest BCUT2D eigenvalue weighted by molar-refractivity contribution is 0.205. The molecule has 2 aromatic rings. The fourth-order valence-electron chi connectivity index (χ4n) is 2.45. The van der Waals surface area contributed by atoms with Crippen LogP contribution in [-0.4, -0.2) is 22.5 Å². The van der Waals surface area contributed by atoms with Crippen LogP contribution in [0.15, 0.2) is 24.3 Å². The van der Waals surface area contributed by atoms with E-state index in [4.69, 9.17) is 10.7 Å². The van der Waals surface area contributed by atoms with Crippen LogP contribution in [-0.2, 0) is 13.0 Å². The van der Waals surface area contributed by atoms with Crippen LogP contribution in [0.2, 0.25) is 0 Å². The van der Waals surface area contributed by atoms with Gasteiger partial charge in [0.2, 0.25) is 0 Å². The van der Waals surface area contributed by atoms with Gasteiger partial charge in [0.25, 0.3) is 0 Å². The van der Waals surface area contributed by atoms with Crippen molar-refractivity contribution >= 4 is 17.0 Å². The molecule has 3 nitrogen and oxygen atoms in total. The second-order valence-electron chi connectivity index (χ2n) is 5.33. The zero-order chi connectivity index (χ0) is 13.4. The number of thiazole rings is 1. The Hall–Kier alpha value is -1.39. The number of hydrogen-bond donors (Lipinski definition) is 1. The molecule has 0 atom stereocenters. The van der Waals surface area contributed by atoms with Gasteiger partial charge in [0.1, 0.15) is 5.01 Å². The standard InChI is InChI=1S/C15H19N3S/c1-10(2)18-7-6-13-14(9-18)19-15(17-13)11-4-3-5-12(16)8-11/h3-5,8,10H,6-7,9,16H2,1-2H3. The predicted octanol–water partition coefficient (Wildman–Crippen LogP) is 3.16. The molecule has 0 spiro atoms. The molecular weight excluding hydrogens is 254 g/mol. The summed E-state index contributed by atoms with van der Waals surface area (Å²) in [5.74, 6) is 0. The van der Waals surface area contributed by atoms with E-state index < -0.39 is 0 Å². The Morgan fingerprint density at radius 3 is 2.95 bits per heavy atom. The molecule has 2 heterocycles. The number of nitrogen functional groups attached to an aromatic ring is 1. The van der Waals surface area contributed by atoms with Crippen molar-refractivity contribution in [3.63, 3.8) is 0 Å². The number of anilines is 1. The van der Waals surface area contributed by atoms with E-state index >= 15 is 0 Å². The molecule has 19 heavy (non-hydrogen) atoms. The molecule has 1 aliphatic heterocycles. The zero-order valence-corrected chi connectivity index (χ0v) is 12.2. The number of fused-ring (bicyclic) bond motifs is 1. The van der Waals surface area contributed by atoms with Crippen LogP contribution in [0.4, 0.5) is 5.69 Å². The molecule has 0 saturated carbocycles. The van der Waals surface area contributed by atoms with Crippen LogP contribution in [0.3, 0.4) is 0 Å². The zero-order valence-electron chi connectivity index (χ0n) is 11.4. The van der Waals surface area contributed by atoms with Gasteiger partial charge in [0, 0.05) is 41.7 Å². The molecule has 3 rings (SSSR count). The summed E-state index contributed by atoms with van der Waals surface area (Å²) in [7, 11) is 0. The number of nitrogens with two attached hydrogens (primary N) is 1. The SMILES string of the molecule is CC(C)N1CCc2nc(-c3cccc(N)c3)sc2C1. The number of hydrogen-bond acceptors (Lipinski definition) is 4. The van der Waals surface area contributed by atoms with Crippen molar-refractivity contribution in [1.29, 1.82) is 0 Å². The van der Waals surface area contributed by atoms with Crippen LogP contribution in [0.5, 0.6) is 0 Å². The topological polar surface area (TPSA) is 42.2 Å². The molecule has 1 aromatic carbocycles. The first-order valence-corrected chi connectivity index (χ1v) is 7.53. The maximum absolute atomic E-state index is 5.85. The molecule has 100 valence electrons. The molecule has 2 N–H and O–H groups in total. The van der Waals surface area contributed by atoms with Crippen molar-refractivity contribution in [1.82, 2.24) is 9.88 Å². The highest BCUT2D eigenvalue weighted by molar-refractivity contribution is 7.15. The fraction of sp³-hybridized carbons (Fsp3) is 0.400. The van der Waals surface area contributed by atoms with Crippen LogP contribution in [0, 0.1) is 0 Å². The highest BCUT2D eigenvalue weighted by Gasteiger charge is 2.22. The van der Waals surface area contributed by atoms with Gasteiger partial charge < -0.3 is 5.73 Å². The average molecular weight is 273 g/mol. The summed E-state index contributed by atoms with van der Waals surface area (Å²) in [5.41, 5.74) is 9.06. The minimum atomic E-state index is 0.603. The highest BCUT2D eigenvalue weighted by atomic mass is 32.1. The molecule has 0 amide bonds. The van der Waals surface area contributed by atoms with Gasteiger partial charge >= 0.3 is 0 Å². The lowest BCUT2D eigenvalue weighted by Crippen LogP contribution is -2.35. The summed E-state index contributed by atoms with van der Waals surface area (Å²) in [4.78, 5) is 8.71. The molecule has 0 unspecified atom stereocenters. The highest BCUT2D eigenvalue weighted by Crippen LogP contribution is 2.32. The van der Waals surface area contributed by atoms with Crippen molar-refractivity contribution in [3.05, 3.63) is 34.8 Å². The fourth-order valence-corrected chi connectivity index (χ4v) is 3.58. The van der Waals surface area contributed by atoms with Gasteiger partial charge in [0.15, 0.2) is 0 Å². The Balaban J connectivity index is 1.91. The summed E-state index contributed by atoms with van der Waals surface area (Å²) < 4.78 is 0. The first-order valence-electron chi connectivity index (χ1n) is 6.72. The molecule has 1 aromatic heterocycles. The third-order valence-electron chi connectivity index (χ3n) is 3.62. The number of aromatic nitrogens is 1. The Kier molecular flexibility index (Phi) is 3.29. The third kappa shape index (κ3) is 2.51. The largest absolute Gasteiger partial charge is 0.399 e. The number of rotatable bonds is 2. The van der Waals surface area contributed by atoms with Gasteiger partial charge in [-0.25, -0.2) is 4.98 Å². The molecular formula is C15H19N3S. The molecule has 0 bridgehead atoms. The first-order chi connectivity index (χ1) is 9.13. The van der Waals surface area contributed by atoms with Crippen LogP contribution < -0.4 is 5.73 Å². The summed E-state index contributed by atoms with van der Waals surface area (Å²) in [6, 6.07) is 8.60. The molecule has 0 saturated heterocycles. The molecule has 0 fully saturated rings. The second kappa shape index (κ2) is 4.94. The van der Waals surface area contributed by atoms with Gasteiger partial charge in [-0.1, -0.05) is 12.1 Å². The Morgan fingerprint density at radius 2 is 2.21 bits per heavy atom. The quantitative estimate of drug-likeness (QED) is 0.855. The van der Waals surface area contributed by atoms with Crippen LogP contribution in [0.1, 0.15) is 24.4 Å². The monoisotopic (exact) mass is 273 g/mol. The maximum Gasteiger partial charge on any atom is 0.123 e. The predicted molar refractivity (Wildman–Crippen MR) is 81.2 cm³/mol. The smallest absolute Gasteiger partial charge is 0.123 e. The maximum atomic E-state index is 5.85. The number of nitrogens with zero attached hydrogens (tertiary/aromatic N) is 2. The average Bonchev–Trinajstić information content (AvgIpc) is 2.81. The van der Waals surface area contributed by atoms with E-state index in [-0.39, 0.29) is 0 Å². The summed E-state index contributed by atoms with van der Waals surface area (Å²) in [6.45, 7) is 6.66. The second-order valence-corrected chi connectivity index (χ2v) is 6.41.